The van der Waals surface area contributed by atoms with Crippen molar-refractivity contribution in [2.75, 3.05) is 0 Å². The van der Waals surface area contributed by atoms with Gasteiger partial charge >= 0.3 is 24.4 Å². The molecule has 0 aliphatic rings. The van der Waals surface area contributed by atoms with Crippen molar-refractivity contribution in [2.24, 2.45) is 5.92 Å². The summed E-state index contributed by atoms with van der Waals surface area (Å²) in [5.41, 5.74) is -1.98. The Balaban J connectivity index is 3.43. The molecule has 0 aliphatic carbocycles. The van der Waals surface area contributed by atoms with Gasteiger partial charge in [0.25, 0.3) is 5.72 Å². The molecule has 12 heteroatoms. The lowest BCUT2D eigenvalue weighted by molar-refractivity contribution is -0.168. The summed E-state index contributed by atoms with van der Waals surface area (Å²) in [7, 11) is 0. The minimum atomic E-state index is -2.24. The lowest BCUT2D eigenvalue weighted by Crippen LogP contribution is -2.59. The number of nitrogens with one attached hydrogen (secondary N) is 1. The third-order valence-corrected chi connectivity index (χ3v) is 5.94. The van der Waals surface area contributed by atoms with Gasteiger partial charge in [-0.15, -0.1) is 0 Å². The molecule has 0 spiro atoms. The number of rotatable bonds is 14. The largest absolute Gasteiger partial charge is 0.514 e. The van der Waals surface area contributed by atoms with E-state index in [0.29, 0.717) is 12.8 Å². The number of hydrogen-bond donors (Lipinski definition) is 2. The molecular formula is C28H43NO11. The summed E-state index contributed by atoms with van der Waals surface area (Å²) in [6.07, 6.45) is -3.95. The smallest absolute Gasteiger partial charge is 0.477 e. The first kappa shape index (κ1) is 34.5. The lowest BCUT2D eigenvalue weighted by Gasteiger charge is -2.32. The van der Waals surface area contributed by atoms with Crippen molar-refractivity contribution >= 4 is 24.4 Å². The average Bonchev–Trinajstić information content (AvgIpc) is 2.84. The Morgan fingerprint density at radius 1 is 0.800 bits per heavy atom. The Kier molecular flexibility index (Phi) is 13.7. The first-order valence-corrected chi connectivity index (χ1v) is 13.4. The van der Waals surface area contributed by atoms with Crippen molar-refractivity contribution in [3.8, 4) is 11.5 Å². The Morgan fingerprint density at radius 2 is 1.32 bits per heavy atom. The van der Waals surface area contributed by atoms with Crippen LogP contribution in [0.25, 0.3) is 0 Å². The van der Waals surface area contributed by atoms with Gasteiger partial charge in [-0.2, -0.15) is 0 Å². The molecule has 0 saturated carbocycles. The van der Waals surface area contributed by atoms with E-state index in [-0.39, 0.29) is 23.0 Å². The molecule has 0 aromatic heterocycles. The topological polar surface area (TPSA) is 156 Å². The van der Waals surface area contributed by atoms with E-state index >= 15 is 0 Å². The van der Waals surface area contributed by atoms with Gasteiger partial charge in [-0.1, -0.05) is 33.8 Å². The van der Waals surface area contributed by atoms with E-state index in [0.717, 1.165) is 0 Å². The summed E-state index contributed by atoms with van der Waals surface area (Å²) in [6.45, 7) is 15.7. The Hall–Kier alpha value is -3.54. The van der Waals surface area contributed by atoms with Crippen molar-refractivity contribution in [1.82, 2.24) is 5.32 Å². The highest BCUT2D eigenvalue weighted by molar-refractivity contribution is 5.80. The molecule has 0 heterocycles. The number of benzene rings is 1. The first-order valence-electron chi connectivity index (χ1n) is 13.4. The monoisotopic (exact) mass is 569 g/mol. The lowest BCUT2D eigenvalue weighted by atomic mass is 10.0. The van der Waals surface area contributed by atoms with Crippen LogP contribution in [0, 0.1) is 5.92 Å². The zero-order valence-corrected chi connectivity index (χ0v) is 24.8. The first-order chi connectivity index (χ1) is 18.6. The third kappa shape index (κ3) is 11.3. The maximum Gasteiger partial charge on any atom is 0.514 e. The Morgan fingerprint density at radius 3 is 1.77 bits per heavy atom. The molecule has 1 aromatic rings. The van der Waals surface area contributed by atoms with Crippen LogP contribution in [0.5, 0.6) is 11.5 Å². The van der Waals surface area contributed by atoms with Crippen molar-refractivity contribution < 1.29 is 52.7 Å². The second-order valence-electron chi connectivity index (χ2n) is 10.2. The van der Waals surface area contributed by atoms with Crippen LogP contribution in [0.1, 0.15) is 80.7 Å². The van der Waals surface area contributed by atoms with Crippen molar-refractivity contribution in [3.05, 3.63) is 23.8 Å². The summed E-state index contributed by atoms with van der Waals surface area (Å²) < 4.78 is 31.5. The van der Waals surface area contributed by atoms with Gasteiger partial charge in [-0.05, 0) is 71.1 Å². The fourth-order valence-electron chi connectivity index (χ4n) is 3.05. The van der Waals surface area contributed by atoms with Crippen molar-refractivity contribution in [2.45, 2.75) is 112 Å². The van der Waals surface area contributed by atoms with Gasteiger partial charge < -0.3 is 33.5 Å². The minimum Gasteiger partial charge on any atom is -0.477 e. The number of carboxylic acid groups (broad SMARTS) is 1. The molecule has 12 nitrogen and oxygen atoms in total. The van der Waals surface area contributed by atoms with Gasteiger partial charge in [0.05, 0.1) is 0 Å². The molecule has 40 heavy (non-hydrogen) atoms. The number of aliphatic carboxylic acids is 1. The van der Waals surface area contributed by atoms with E-state index in [1.165, 1.54) is 18.2 Å². The normalized spacial score (nSPS) is 14.9. The minimum absolute atomic E-state index is 0.0285. The second kappa shape index (κ2) is 15.9. The maximum atomic E-state index is 12.6. The fourth-order valence-corrected chi connectivity index (χ4v) is 3.05. The standard InChI is InChI=1S/C28H43NO11/c1-10-18(7)35-25(32)38-22-13-12-21(14-23(22)39-26(33)36-19(8)11-2)15-28(24(30)31,29-17(5)6)40-27(34)37-20(9)16(3)4/h12-14,16-20,29H,10-11,15H2,1-9H3,(H,30,31)/t18?,19?,20?,28-/m0/s1. The van der Waals surface area contributed by atoms with Gasteiger partial charge in [-0.25, -0.2) is 19.2 Å². The van der Waals surface area contributed by atoms with Crippen LogP contribution in [0.3, 0.4) is 0 Å². The van der Waals surface area contributed by atoms with Gasteiger partial charge in [0.15, 0.2) is 11.5 Å². The number of carboxylic acids is 1. The van der Waals surface area contributed by atoms with Gasteiger partial charge in [0.1, 0.15) is 18.3 Å². The Bertz CT molecular complexity index is 1010. The number of carbonyl (C=O) groups excluding carboxylic acids is 3. The quantitative estimate of drug-likeness (QED) is 0.120. The van der Waals surface area contributed by atoms with E-state index < -0.39 is 60.9 Å². The zero-order chi connectivity index (χ0) is 30.6. The van der Waals surface area contributed by atoms with E-state index in [9.17, 15) is 24.3 Å². The molecule has 0 amide bonds. The van der Waals surface area contributed by atoms with E-state index in [1.54, 1.807) is 34.6 Å². The predicted molar refractivity (Wildman–Crippen MR) is 144 cm³/mol. The molecular weight excluding hydrogens is 526 g/mol. The Labute approximate surface area is 235 Å². The number of carbonyl (C=O) groups is 4. The van der Waals surface area contributed by atoms with Crippen LogP contribution in [0.4, 0.5) is 14.4 Å². The summed E-state index contributed by atoms with van der Waals surface area (Å²) in [5, 5.41) is 12.9. The highest BCUT2D eigenvalue weighted by atomic mass is 16.8. The molecule has 0 bridgehead atoms. The molecule has 4 atom stereocenters. The molecule has 3 unspecified atom stereocenters. The molecule has 0 radical (unpaired) electrons. The summed E-state index contributed by atoms with van der Waals surface area (Å²) in [5.74, 6) is -1.90. The highest BCUT2D eigenvalue weighted by Crippen LogP contribution is 2.32. The third-order valence-electron chi connectivity index (χ3n) is 5.94. The number of hydrogen-bond acceptors (Lipinski definition) is 11. The highest BCUT2D eigenvalue weighted by Gasteiger charge is 2.44. The molecule has 0 fully saturated rings. The maximum absolute atomic E-state index is 12.6. The molecule has 1 aromatic carbocycles. The SMILES string of the molecule is CCC(C)OC(=O)Oc1ccc(C[C@](NC(C)C)(OC(=O)OC(C)C(C)C)C(=O)O)cc1OC(=O)OC(C)CC. The zero-order valence-electron chi connectivity index (χ0n) is 24.8. The van der Waals surface area contributed by atoms with Crippen LogP contribution >= 0.6 is 0 Å². The van der Waals surface area contributed by atoms with Crippen LogP contribution in [0.2, 0.25) is 0 Å². The molecule has 1 rings (SSSR count). The van der Waals surface area contributed by atoms with Crippen LogP contribution in [-0.2, 0) is 30.2 Å². The van der Waals surface area contributed by atoms with Crippen LogP contribution in [0.15, 0.2) is 18.2 Å². The van der Waals surface area contributed by atoms with E-state index in [2.05, 4.69) is 5.32 Å². The summed E-state index contributed by atoms with van der Waals surface area (Å²) in [4.78, 5) is 49.7. The van der Waals surface area contributed by atoms with E-state index in [1.807, 2.05) is 27.7 Å². The molecule has 226 valence electrons. The van der Waals surface area contributed by atoms with Crippen LogP contribution in [-0.4, -0.2) is 59.6 Å². The van der Waals surface area contributed by atoms with Gasteiger partial charge in [0.2, 0.25) is 0 Å². The number of ether oxygens (including phenoxy) is 6. The second-order valence-corrected chi connectivity index (χ2v) is 10.2. The van der Waals surface area contributed by atoms with Crippen molar-refractivity contribution in [3.63, 3.8) is 0 Å². The molecule has 0 aliphatic heterocycles. The summed E-state index contributed by atoms with van der Waals surface area (Å²) >= 11 is 0. The predicted octanol–water partition coefficient (Wildman–Crippen LogP) is 5.83. The molecule has 0 saturated heterocycles. The van der Waals surface area contributed by atoms with Gasteiger partial charge in [0, 0.05) is 12.5 Å². The summed E-state index contributed by atoms with van der Waals surface area (Å²) in [6, 6.07) is 3.60. The molecule has 2 N–H and O–H groups in total. The van der Waals surface area contributed by atoms with Crippen LogP contribution < -0.4 is 14.8 Å². The van der Waals surface area contributed by atoms with Gasteiger partial charge in [-0.3, -0.25) is 5.32 Å². The average molecular weight is 570 g/mol. The van der Waals surface area contributed by atoms with E-state index in [4.69, 9.17) is 28.4 Å². The van der Waals surface area contributed by atoms with Crippen molar-refractivity contribution in [1.29, 1.82) is 0 Å². The fraction of sp³-hybridized carbons (Fsp3) is 0.643.